The number of hydrogen-bond acceptors (Lipinski definition) is 4. The zero-order valence-electron chi connectivity index (χ0n) is 6.87. The predicted molar refractivity (Wildman–Crippen MR) is 40.9 cm³/mol. The second-order valence-corrected chi connectivity index (χ2v) is 2.56. The minimum absolute atomic E-state index is 0.336. The van der Waals surface area contributed by atoms with E-state index in [-0.39, 0.29) is 0 Å². The Morgan fingerprint density at radius 3 is 2.82 bits per heavy atom. The van der Waals surface area contributed by atoms with Crippen molar-refractivity contribution in [2.45, 2.75) is 32.7 Å². The molecule has 0 aliphatic heterocycles. The van der Waals surface area contributed by atoms with Gasteiger partial charge in [0.2, 0.25) is 5.89 Å². The fourth-order valence-electron chi connectivity index (χ4n) is 0.725. The first-order chi connectivity index (χ1) is 5.27. The zero-order chi connectivity index (χ0) is 8.27. The van der Waals surface area contributed by atoms with Crippen LogP contribution in [0.25, 0.3) is 0 Å². The van der Waals surface area contributed by atoms with E-state index in [2.05, 4.69) is 17.1 Å². The van der Waals surface area contributed by atoms with E-state index in [1.807, 2.05) is 6.92 Å². The maximum atomic E-state index is 5.32. The van der Waals surface area contributed by atoms with Crippen molar-refractivity contribution in [1.29, 1.82) is 0 Å². The average molecular weight is 155 g/mol. The average Bonchev–Trinajstić information content (AvgIpc) is 2.50. The summed E-state index contributed by atoms with van der Waals surface area (Å²) < 4.78 is 4.97. The fraction of sp³-hybridized carbons (Fsp3) is 0.714. The summed E-state index contributed by atoms with van der Waals surface area (Å²) in [6.07, 6.45) is 1.01. The van der Waals surface area contributed by atoms with Gasteiger partial charge in [-0.25, -0.2) is 0 Å². The second-order valence-electron chi connectivity index (χ2n) is 2.56. The Labute approximate surface area is 65.8 Å². The summed E-state index contributed by atoms with van der Waals surface area (Å²) >= 11 is 0. The monoisotopic (exact) mass is 155 g/mol. The van der Waals surface area contributed by atoms with Crippen LogP contribution in [0.4, 0.5) is 0 Å². The molecule has 2 N–H and O–H groups in total. The van der Waals surface area contributed by atoms with Crippen molar-refractivity contribution in [2.24, 2.45) is 5.73 Å². The van der Waals surface area contributed by atoms with Crippen LogP contribution < -0.4 is 5.73 Å². The van der Waals surface area contributed by atoms with Crippen LogP contribution >= 0.6 is 0 Å². The highest BCUT2D eigenvalue weighted by Crippen LogP contribution is 2.15. The van der Waals surface area contributed by atoms with Crippen molar-refractivity contribution in [3.05, 3.63) is 11.7 Å². The topological polar surface area (TPSA) is 64.9 Å². The molecule has 4 heteroatoms. The van der Waals surface area contributed by atoms with Gasteiger partial charge in [-0.2, -0.15) is 4.98 Å². The Hall–Kier alpha value is -0.900. The molecule has 0 amide bonds. The summed E-state index contributed by atoms with van der Waals surface area (Å²) in [6.45, 7) is 4.48. The molecule has 0 aliphatic carbocycles. The van der Waals surface area contributed by atoms with Gasteiger partial charge in [-0.3, -0.25) is 0 Å². The molecule has 1 unspecified atom stereocenters. The van der Waals surface area contributed by atoms with Gasteiger partial charge in [0.1, 0.15) is 0 Å². The van der Waals surface area contributed by atoms with Gasteiger partial charge in [-0.15, -0.1) is 0 Å². The van der Waals surface area contributed by atoms with Gasteiger partial charge >= 0.3 is 0 Å². The molecule has 0 radical (unpaired) electrons. The van der Waals surface area contributed by atoms with Crippen molar-refractivity contribution in [2.75, 3.05) is 0 Å². The second kappa shape index (κ2) is 3.48. The summed E-state index contributed by atoms with van der Waals surface area (Å²) in [5, 5.41) is 3.69. The van der Waals surface area contributed by atoms with Crippen molar-refractivity contribution in [3.8, 4) is 0 Å². The fourth-order valence-corrected chi connectivity index (χ4v) is 0.725. The van der Waals surface area contributed by atoms with E-state index in [0.717, 1.165) is 6.42 Å². The maximum absolute atomic E-state index is 5.32. The molecule has 1 heterocycles. The molecule has 0 aromatic carbocycles. The molecule has 1 aromatic rings. The molecule has 1 aromatic heterocycles. The quantitative estimate of drug-likeness (QED) is 0.708. The zero-order valence-corrected chi connectivity index (χ0v) is 6.87. The third kappa shape index (κ3) is 1.77. The van der Waals surface area contributed by atoms with Gasteiger partial charge in [-0.05, 0) is 6.42 Å². The molecular formula is C7H13N3O. The lowest BCUT2D eigenvalue weighted by Gasteiger charge is -1.98. The van der Waals surface area contributed by atoms with E-state index in [9.17, 15) is 0 Å². The van der Waals surface area contributed by atoms with Crippen LogP contribution in [0.15, 0.2) is 4.52 Å². The SMILES string of the molecule is CCC(C)c1nc(CN)no1. The van der Waals surface area contributed by atoms with Gasteiger partial charge in [0.15, 0.2) is 5.82 Å². The molecule has 62 valence electrons. The normalized spacial score (nSPS) is 13.4. The van der Waals surface area contributed by atoms with E-state index < -0.39 is 0 Å². The lowest BCUT2D eigenvalue weighted by molar-refractivity contribution is 0.352. The van der Waals surface area contributed by atoms with Gasteiger partial charge in [0.25, 0.3) is 0 Å². The highest BCUT2D eigenvalue weighted by atomic mass is 16.5. The molecule has 0 spiro atoms. The summed E-state index contributed by atoms with van der Waals surface area (Å²) in [5.74, 6) is 1.61. The van der Waals surface area contributed by atoms with E-state index in [4.69, 9.17) is 10.3 Å². The third-order valence-electron chi connectivity index (χ3n) is 1.70. The van der Waals surface area contributed by atoms with E-state index in [1.54, 1.807) is 0 Å². The van der Waals surface area contributed by atoms with Crippen LogP contribution in [0, 0.1) is 0 Å². The minimum Gasteiger partial charge on any atom is -0.339 e. The highest BCUT2D eigenvalue weighted by molar-refractivity contribution is 4.90. The molecule has 0 saturated heterocycles. The highest BCUT2D eigenvalue weighted by Gasteiger charge is 2.10. The molecule has 11 heavy (non-hydrogen) atoms. The molecule has 4 nitrogen and oxygen atoms in total. The Morgan fingerprint density at radius 1 is 1.64 bits per heavy atom. The van der Waals surface area contributed by atoms with E-state index in [1.165, 1.54) is 0 Å². The van der Waals surface area contributed by atoms with Crippen LogP contribution in [0.3, 0.4) is 0 Å². The number of rotatable bonds is 3. The maximum Gasteiger partial charge on any atom is 0.229 e. The first-order valence-corrected chi connectivity index (χ1v) is 3.80. The number of aromatic nitrogens is 2. The smallest absolute Gasteiger partial charge is 0.229 e. The largest absolute Gasteiger partial charge is 0.339 e. The molecule has 0 saturated carbocycles. The third-order valence-corrected chi connectivity index (χ3v) is 1.70. The van der Waals surface area contributed by atoms with Gasteiger partial charge in [0.05, 0.1) is 6.54 Å². The Bertz CT molecular complexity index is 221. The Morgan fingerprint density at radius 2 is 2.36 bits per heavy atom. The van der Waals surface area contributed by atoms with Crippen molar-refractivity contribution < 1.29 is 4.52 Å². The van der Waals surface area contributed by atoms with Crippen LogP contribution in [0.2, 0.25) is 0 Å². The number of nitrogens with two attached hydrogens (primary N) is 1. The van der Waals surface area contributed by atoms with Crippen molar-refractivity contribution in [1.82, 2.24) is 10.1 Å². The first-order valence-electron chi connectivity index (χ1n) is 3.80. The van der Waals surface area contributed by atoms with Crippen LogP contribution in [-0.4, -0.2) is 10.1 Å². The summed E-state index contributed by atoms with van der Waals surface area (Å²) in [4.78, 5) is 4.10. The van der Waals surface area contributed by atoms with Crippen molar-refractivity contribution in [3.63, 3.8) is 0 Å². The minimum atomic E-state index is 0.336. The molecule has 0 bridgehead atoms. The predicted octanol–water partition coefficient (Wildman–Crippen LogP) is 1.04. The molecule has 1 rings (SSSR count). The molecular weight excluding hydrogens is 142 g/mol. The number of nitrogens with zero attached hydrogens (tertiary/aromatic N) is 2. The summed E-state index contributed by atoms with van der Waals surface area (Å²) in [6, 6.07) is 0. The molecule has 0 fully saturated rings. The molecule has 1 atom stereocenters. The van der Waals surface area contributed by atoms with Crippen LogP contribution in [-0.2, 0) is 6.54 Å². The Kier molecular flexibility index (Phi) is 2.59. The summed E-state index contributed by atoms with van der Waals surface area (Å²) in [5.41, 5.74) is 5.32. The standard InChI is InChI=1S/C7H13N3O/c1-3-5(2)7-9-6(4-8)10-11-7/h5H,3-4,8H2,1-2H3. The van der Waals surface area contributed by atoms with Crippen molar-refractivity contribution >= 4 is 0 Å². The lowest BCUT2D eigenvalue weighted by Crippen LogP contribution is -1.99. The molecule has 0 aliphatic rings. The van der Waals surface area contributed by atoms with Gasteiger partial charge in [-0.1, -0.05) is 19.0 Å². The first kappa shape index (κ1) is 8.20. The lowest BCUT2D eigenvalue weighted by atomic mass is 10.1. The van der Waals surface area contributed by atoms with Crippen LogP contribution in [0.5, 0.6) is 0 Å². The van der Waals surface area contributed by atoms with Crippen LogP contribution in [0.1, 0.15) is 37.9 Å². The van der Waals surface area contributed by atoms with E-state index >= 15 is 0 Å². The van der Waals surface area contributed by atoms with E-state index in [0.29, 0.717) is 24.2 Å². The summed E-state index contributed by atoms with van der Waals surface area (Å²) in [7, 11) is 0. The number of hydrogen-bond donors (Lipinski definition) is 1. The Balaban J connectivity index is 2.71. The van der Waals surface area contributed by atoms with Gasteiger partial charge < -0.3 is 10.3 Å². The van der Waals surface area contributed by atoms with Gasteiger partial charge in [0, 0.05) is 5.92 Å².